The van der Waals surface area contributed by atoms with Gasteiger partial charge < -0.3 is 4.74 Å². The monoisotopic (exact) mass is 260 g/mol. The molecule has 2 nitrogen and oxygen atoms in total. The average molecular weight is 260 g/mol. The molecule has 92 valence electrons. The molecule has 0 aromatic rings. The number of hydrogen-bond donors (Lipinski definition) is 0. The zero-order valence-electron chi connectivity index (χ0n) is 9.81. The summed E-state index contributed by atoms with van der Waals surface area (Å²) in [4.78, 5) is 11.7. The first-order chi connectivity index (χ1) is 7.81. The summed E-state index contributed by atoms with van der Waals surface area (Å²) in [6.45, 7) is 2.15. The summed E-state index contributed by atoms with van der Waals surface area (Å²) in [6.07, 6.45) is 7.85. The number of hydrogen-bond acceptors (Lipinski definition) is 4. The van der Waals surface area contributed by atoms with E-state index in [0.717, 1.165) is 19.3 Å². The minimum Gasteiger partial charge on any atom is -0.460 e. The van der Waals surface area contributed by atoms with Crippen LogP contribution in [0.3, 0.4) is 0 Å². The van der Waals surface area contributed by atoms with Gasteiger partial charge in [0.25, 0.3) is 0 Å². The number of esters is 1. The van der Waals surface area contributed by atoms with Crippen LogP contribution in [0.1, 0.15) is 51.9 Å². The summed E-state index contributed by atoms with van der Waals surface area (Å²) in [6, 6.07) is 0. The number of carbonyl (C=O) groups is 1. The molecule has 2 atom stereocenters. The largest absolute Gasteiger partial charge is 0.460 e. The van der Waals surface area contributed by atoms with Gasteiger partial charge in [0.15, 0.2) is 0 Å². The van der Waals surface area contributed by atoms with Crippen molar-refractivity contribution in [3.8, 4) is 0 Å². The lowest BCUT2D eigenvalue weighted by Crippen LogP contribution is -2.36. The predicted molar refractivity (Wildman–Crippen MR) is 70.6 cm³/mol. The van der Waals surface area contributed by atoms with Crippen molar-refractivity contribution >= 4 is 27.6 Å². The van der Waals surface area contributed by atoms with Gasteiger partial charge in [-0.1, -0.05) is 47.8 Å². The Labute approximate surface area is 106 Å². The summed E-state index contributed by atoms with van der Waals surface area (Å²) >= 11 is 0. The van der Waals surface area contributed by atoms with Crippen molar-refractivity contribution in [3.05, 3.63) is 0 Å². The van der Waals surface area contributed by atoms with Crippen LogP contribution in [-0.2, 0) is 9.53 Å². The highest BCUT2D eigenvalue weighted by atomic mass is 33.1. The molecule has 2 unspecified atom stereocenters. The molecule has 0 N–H and O–H groups in total. The second-order valence-electron chi connectivity index (χ2n) is 4.61. The zero-order chi connectivity index (χ0) is 11.4. The maximum absolute atomic E-state index is 11.7. The molecule has 0 aromatic heterocycles. The van der Waals surface area contributed by atoms with E-state index in [1.807, 2.05) is 21.6 Å². The minimum atomic E-state index is 0.0263. The predicted octanol–water partition coefficient (Wildman–Crippen LogP) is 3.79. The minimum absolute atomic E-state index is 0.0263. The van der Waals surface area contributed by atoms with Crippen LogP contribution in [0.4, 0.5) is 0 Å². The average Bonchev–Trinajstić information content (AvgIpc) is 2.52. The Morgan fingerprint density at radius 2 is 1.94 bits per heavy atom. The van der Waals surface area contributed by atoms with Crippen LogP contribution in [-0.4, -0.2) is 22.6 Å². The summed E-state index contributed by atoms with van der Waals surface area (Å²) in [5.74, 6) is 0.0263. The quantitative estimate of drug-likeness (QED) is 0.427. The van der Waals surface area contributed by atoms with Gasteiger partial charge in [-0.25, -0.2) is 0 Å². The van der Waals surface area contributed by atoms with Gasteiger partial charge in [-0.15, -0.1) is 0 Å². The number of rotatable bonds is 5. The smallest absolute Gasteiger partial charge is 0.306 e. The van der Waals surface area contributed by atoms with Crippen LogP contribution in [0, 0.1) is 0 Å². The van der Waals surface area contributed by atoms with E-state index >= 15 is 0 Å². The standard InChI is InChI=1S/C12H20O2S2/c1-2-3-4-8-11(13)14-12-9-6-5-7-10(12)16-15-9/h9-10,12H,2-8H2,1H3. The summed E-state index contributed by atoms with van der Waals surface area (Å²) in [7, 11) is 3.86. The number of carbonyl (C=O) groups excluding carboxylic acids is 1. The fourth-order valence-corrected chi connectivity index (χ4v) is 6.03. The molecular formula is C12H20O2S2. The van der Waals surface area contributed by atoms with E-state index in [0.29, 0.717) is 16.9 Å². The summed E-state index contributed by atoms with van der Waals surface area (Å²) in [5.41, 5.74) is 0. The molecule has 0 spiro atoms. The Bertz CT molecular complexity index is 229. The maximum atomic E-state index is 11.7. The third-order valence-electron chi connectivity index (χ3n) is 3.26. The molecule has 1 aliphatic heterocycles. The van der Waals surface area contributed by atoms with Gasteiger partial charge in [0, 0.05) is 6.42 Å². The topological polar surface area (TPSA) is 26.3 Å². The van der Waals surface area contributed by atoms with Crippen molar-refractivity contribution < 1.29 is 9.53 Å². The van der Waals surface area contributed by atoms with E-state index in [9.17, 15) is 4.79 Å². The van der Waals surface area contributed by atoms with Gasteiger partial charge in [0.1, 0.15) is 6.10 Å². The normalized spacial score (nSPS) is 32.7. The van der Waals surface area contributed by atoms with Crippen LogP contribution in [0.5, 0.6) is 0 Å². The zero-order valence-corrected chi connectivity index (χ0v) is 11.4. The lowest BCUT2D eigenvalue weighted by Gasteiger charge is -2.27. The molecule has 1 heterocycles. The molecular weight excluding hydrogens is 240 g/mol. The lowest BCUT2D eigenvalue weighted by molar-refractivity contribution is -0.149. The highest BCUT2D eigenvalue weighted by molar-refractivity contribution is 8.77. The summed E-state index contributed by atoms with van der Waals surface area (Å²) < 4.78 is 5.64. The molecule has 1 aliphatic carbocycles. The fraction of sp³-hybridized carbons (Fsp3) is 0.917. The fourth-order valence-electron chi connectivity index (χ4n) is 2.32. The second-order valence-corrected chi connectivity index (χ2v) is 7.36. The van der Waals surface area contributed by atoms with Crippen molar-refractivity contribution in [1.29, 1.82) is 0 Å². The van der Waals surface area contributed by atoms with Gasteiger partial charge in [-0.2, -0.15) is 0 Å². The molecule has 2 bridgehead atoms. The Balaban J connectivity index is 1.74. The molecule has 0 aromatic carbocycles. The third kappa shape index (κ3) is 3.10. The van der Waals surface area contributed by atoms with Gasteiger partial charge in [0.2, 0.25) is 0 Å². The molecule has 2 aliphatic rings. The molecule has 0 amide bonds. The van der Waals surface area contributed by atoms with Crippen LogP contribution in [0.15, 0.2) is 0 Å². The van der Waals surface area contributed by atoms with Crippen molar-refractivity contribution in [2.24, 2.45) is 0 Å². The van der Waals surface area contributed by atoms with E-state index in [2.05, 4.69) is 6.92 Å². The molecule has 0 radical (unpaired) electrons. The first-order valence-electron chi connectivity index (χ1n) is 6.33. The highest BCUT2D eigenvalue weighted by Gasteiger charge is 2.43. The molecule has 4 heteroatoms. The van der Waals surface area contributed by atoms with Gasteiger partial charge in [0.05, 0.1) is 10.5 Å². The Hall–Kier alpha value is 0.170. The Morgan fingerprint density at radius 3 is 2.56 bits per heavy atom. The van der Waals surface area contributed by atoms with E-state index < -0.39 is 0 Å². The highest BCUT2D eigenvalue weighted by Crippen LogP contribution is 2.52. The molecule has 2 fully saturated rings. The van der Waals surface area contributed by atoms with Gasteiger partial charge >= 0.3 is 5.97 Å². The van der Waals surface area contributed by atoms with E-state index in [4.69, 9.17) is 4.74 Å². The first kappa shape index (κ1) is 12.6. The molecule has 2 rings (SSSR count). The maximum Gasteiger partial charge on any atom is 0.306 e. The van der Waals surface area contributed by atoms with Crippen LogP contribution in [0.25, 0.3) is 0 Å². The van der Waals surface area contributed by atoms with Crippen molar-refractivity contribution in [3.63, 3.8) is 0 Å². The molecule has 1 saturated heterocycles. The van der Waals surface area contributed by atoms with Crippen LogP contribution in [0.2, 0.25) is 0 Å². The van der Waals surface area contributed by atoms with Crippen LogP contribution < -0.4 is 0 Å². The first-order valence-corrected chi connectivity index (χ1v) is 8.60. The van der Waals surface area contributed by atoms with Gasteiger partial charge in [-0.05, 0) is 19.3 Å². The summed E-state index contributed by atoms with van der Waals surface area (Å²) in [5, 5.41) is 1.14. The van der Waals surface area contributed by atoms with E-state index in [-0.39, 0.29) is 12.1 Å². The number of ether oxygens (including phenoxy) is 1. The molecule has 16 heavy (non-hydrogen) atoms. The lowest BCUT2D eigenvalue weighted by atomic mass is 9.96. The second kappa shape index (κ2) is 6.20. The third-order valence-corrected chi connectivity index (χ3v) is 6.69. The number of unbranched alkanes of at least 4 members (excludes halogenated alkanes) is 2. The van der Waals surface area contributed by atoms with Crippen LogP contribution >= 0.6 is 21.6 Å². The Morgan fingerprint density at radius 1 is 1.25 bits per heavy atom. The molecule has 1 saturated carbocycles. The van der Waals surface area contributed by atoms with E-state index in [1.54, 1.807) is 0 Å². The van der Waals surface area contributed by atoms with Gasteiger partial charge in [-0.3, -0.25) is 4.79 Å². The number of fused-ring (bicyclic) bond motifs is 2. The Kier molecular flexibility index (Phi) is 4.89. The van der Waals surface area contributed by atoms with Crippen molar-refractivity contribution in [2.75, 3.05) is 0 Å². The van der Waals surface area contributed by atoms with E-state index in [1.165, 1.54) is 19.3 Å². The van der Waals surface area contributed by atoms with Crippen molar-refractivity contribution in [1.82, 2.24) is 0 Å². The SMILES string of the molecule is CCCCCC(=O)OC1C2CCCC1SS2. The van der Waals surface area contributed by atoms with Crippen molar-refractivity contribution in [2.45, 2.75) is 68.5 Å².